The van der Waals surface area contributed by atoms with E-state index in [9.17, 15) is 0 Å². The Morgan fingerprint density at radius 2 is 1.68 bits per heavy atom. The summed E-state index contributed by atoms with van der Waals surface area (Å²) in [6.45, 7) is 10.0. The lowest BCUT2D eigenvalue weighted by Crippen LogP contribution is -2.51. The van der Waals surface area contributed by atoms with Gasteiger partial charge in [0, 0.05) is 11.3 Å². The van der Waals surface area contributed by atoms with Gasteiger partial charge in [0.15, 0.2) is 0 Å². The van der Waals surface area contributed by atoms with E-state index in [0.29, 0.717) is 5.37 Å². The van der Waals surface area contributed by atoms with Gasteiger partial charge < -0.3 is 5.32 Å². The Morgan fingerprint density at radius 3 is 2.50 bits per heavy atom. The van der Waals surface area contributed by atoms with E-state index in [2.05, 4.69) is 44.8 Å². The van der Waals surface area contributed by atoms with Crippen molar-refractivity contribution in [2.75, 3.05) is 0 Å². The van der Waals surface area contributed by atoms with E-state index in [-0.39, 0.29) is 0 Å². The quantitative estimate of drug-likeness (QED) is 0.715. The zero-order chi connectivity index (χ0) is 15.7. The van der Waals surface area contributed by atoms with Gasteiger partial charge >= 0.3 is 0 Å². The highest BCUT2D eigenvalue weighted by Gasteiger charge is 2.38. The van der Waals surface area contributed by atoms with Gasteiger partial charge in [-0.2, -0.15) is 0 Å². The van der Waals surface area contributed by atoms with Crippen molar-refractivity contribution in [2.45, 2.75) is 95.7 Å². The number of nitrogens with one attached hydrogen (secondary N) is 1. The summed E-state index contributed by atoms with van der Waals surface area (Å²) in [7, 11) is 0. The zero-order valence-electron chi connectivity index (χ0n) is 15.2. The fourth-order valence-electron chi connectivity index (χ4n) is 5.55. The molecule has 22 heavy (non-hydrogen) atoms. The molecule has 1 N–H and O–H groups in total. The molecule has 1 nitrogen and oxygen atoms in total. The summed E-state index contributed by atoms with van der Waals surface area (Å²) in [5.41, 5.74) is 0. The van der Waals surface area contributed by atoms with Gasteiger partial charge in [-0.05, 0) is 55.3 Å². The van der Waals surface area contributed by atoms with Gasteiger partial charge in [0.1, 0.15) is 0 Å². The van der Waals surface area contributed by atoms with Crippen LogP contribution in [0.2, 0.25) is 0 Å². The summed E-state index contributed by atoms with van der Waals surface area (Å²) in [6, 6.07) is 0.824. The molecule has 3 aliphatic rings. The van der Waals surface area contributed by atoms with Crippen LogP contribution in [0.4, 0.5) is 0 Å². The van der Waals surface area contributed by atoms with E-state index in [1.54, 1.807) is 0 Å². The van der Waals surface area contributed by atoms with Crippen LogP contribution in [0, 0.1) is 29.6 Å². The molecule has 2 saturated carbocycles. The summed E-state index contributed by atoms with van der Waals surface area (Å²) in [5.74, 6) is 4.72. The monoisotopic (exact) mass is 323 g/mol. The molecule has 2 aliphatic carbocycles. The maximum absolute atomic E-state index is 4.04. The van der Waals surface area contributed by atoms with Crippen LogP contribution in [0.5, 0.6) is 0 Å². The molecule has 0 amide bonds. The van der Waals surface area contributed by atoms with E-state index in [0.717, 1.165) is 40.9 Å². The van der Waals surface area contributed by atoms with Crippen LogP contribution in [-0.2, 0) is 0 Å². The Labute approximate surface area is 142 Å². The summed E-state index contributed by atoms with van der Waals surface area (Å²) in [6.07, 6.45) is 11.6. The van der Waals surface area contributed by atoms with Crippen molar-refractivity contribution in [2.24, 2.45) is 29.6 Å². The van der Waals surface area contributed by atoms with Crippen molar-refractivity contribution >= 4 is 11.8 Å². The maximum atomic E-state index is 4.04. The van der Waals surface area contributed by atoms with Gasteiger partial charge in [-0.15, -0.1) is 11.8 Å². The van der Waals surface area contributed by atoms with Gasteiger partial charge in [0.2, 0.25) is 0 Å². The van der Waals surface area contributed by atoms with E-state index < -0.39 is 0 Å². The van der Waals surface area contributed by atoms with Crippen LogP contribution in [0.3, 0.4) is 0 Å². The SMILES string of the molecule is CC1CCC(C)C(C(C)SC2CC(C)C3CCCCC3N2)C1. The molecule has 0 bridgehead atoms. The zero-order valence-corrected chi connectivity index (χ0v) is 16.0. The van der Waals surface area contributed by atoms with E-state index in [1.165, 1.54) is 51.4 Å². The van der Waals surface area contributed by atoms with Crippen molar-refractivity contribution in [3.63, 3.8) is 0 Å². The third-order valence-electron chi connectivity index (χ3n) is 7.04. The van der Waals surface area contributed by atoms with Crippen LogP contribution in [0.25, 0.3) is 0 Å². The topological polar surface area (TPSA) is 12.0 Å². The molecule has 8 unspecified atom stereocenters. The van der Waals surface area contributed by atoms with E-state index in [1.807, 2.05) is 0 Å². The van der Waals surface area contributed by atoms with Crippen molar-refractivity contribution < 1.29 is 0 Å². The van der Waals surface area contributed by atoms with Gasteiger partial charge in [-0.1, -0.05) is 53.4 Å². The Hall–Kier alpha value is 0.310. The Morgan fingerprint density at radius 1 is 0.909 bits per heavy atom. The molecule has 2 heteroatoms. The standard InChI is InChI=1S/C20H37NS/c1-13-9-10-14(2)18(11-13)16(4)22-20-12-15(3)17-7-5-6-8-19(17)21-20/h13-21H,5-12H2,1-4H3. The largest absolute Gasteiger partial charge is 0.302 e. The van der Waals surface area contributed by atoms with E-state index >= 15 is 0 Å². The molecule has 0 aromatic rings. The molecule has 0 radical (unpaired) electrons. The summed E-state index contributed by atoms with van der Waals surface area (Å²) in [4.78, 5) is 0. The number of thioether (sulfide) groups is 1. The number of hydrogen-bond acceptors (Lipinski definition) is 2. The third-order valence-corrected chi connectivity index (χ3v) is 8.47. The highest BCUT2D eigenvalue weighted by atomic mass is 32.2. The smallest absolute Gasteiger partial charge is 0.0539 e. The second-order valence-electron chi connectivity index (χ2n) is 8.82. The van der Waals surface area contributed by atoms with Crippen LogP contribution in [0.15, 0.2) is 0 Å². The number of fused-ring (bicyclic) bond motifs is 1. The number of piperidine rings is 1. The molecular formula is C20H37NS. The lowest BCUT2D eigenvalue weighted by Gasteiger charge is -2.46. The van der Waals surface area contributed by atoms with Crippen LogP contribution < -0.4 is 5.32 Å². The van der Waals surface area contributed by atoms with Gasteiger partial charge in [-0.25, -0.2) is 0 Å². The average molecular weight is 324 g/mol. The molecule has 1 aliphatic heterocycles. The minimum absolute atomic E-state index is 0.716. The summed E-state index contributed by atoms with van der Waals surface area (Å²) in [5, 5.41) is 5.58. The van der Waals surface area contributed by atoms with Crippen molar-refractivity contribution in [1.29, 1.82) is 0 Å². The Kier molecular flexibility index (Phi) is 5.82. The van der Waals surface area contributed by atoms with Crippen molar-refractivity contribution in [3.8, 4) is 0 Å². The predicted molar refractivity (Wildman–Crippen MR) is 99.2 cm³/mol. The minimum Gasteiger partial charge on any atom is -0.302 e. The molecule has 0 aromatic carbocycles. The average Bonchev–Trinajstić information content (AvgIpc) is 2.49. The first-order chi connectivity index (χ1) is 10.5. The normalized spacial score (nSPS) is 47.7. The first-order valence-electron chi connectivity index (χ1n) is 9.96. The van der Waals surface area contributed by atoms with Crippen LogP contribution >= 0.6 is 11.8 Å². The van der Waals surface area contributed by atoms with Crippen molar-refractivity contribution in [1.82, 2.24) is 5.32 Å². The highest BCUT2D eigenvalue weighted by Crippen LogP contribution is 2.43. The molecule has 0 spiro atoms. The lowest BCUT2D eigenvalue weighted by molar-refractivity contribution is 0.141. The first-order valence-corrected chi connectivity index (χ1v) is 10.9. The Balaban J connectivity index is 1.55. The molecule has 3 rings (SSSR count). The number of hydrogen-bond donors (Lipinski definition) is 1. The third kappa shape index (κ3) is 3.86. The molecule has 3 fully saturated rings. The maximum Gasteiger partial charge on any atom is 0.0539 e. The fourth-order valence-corrected chi connectivity index (χ4v) is 7.32. The van der Waals surface area contributed by atoms with Gasteiger partial charge in [0.25, 0.3) is 0 Å². The number of rotatable bonds is 3. The Bertz CT molecular complexity index is 358. The summed E-state index contributed by atoms with van der Waals surface area (Å²) < 4.78 is 0. The highest BCUT2D eigenvalue weighted by molar-refractivity contribution is 8.00. The molecule has 1 heterocycles. The molecule has 128 valence electrons. The lowest BCUT2D eigenvalue weighted by atomic mass is 9.73. The van der Waals surface area contributed by atoms with Crippen molar-refractivity contribution in [3.05, 3.63) is 0 Å². The van der Waals surface area contributed by atoms with Gasteiger partial charge in [0.05, 0.1) is 5.37 Å². The fraction of sp³-hybridized carbons (Fsp3) is 1.00. The first kappa shape index (κ1) is 17.1. The molecular weight excluding hydrogens is 286 g/mol. The van der Waals surface area contributed by atoms with Crippen LogP contribution in [-0.4, -0.2) is 16.7 Å². The van der Waals surface area contributed by atoms with E-state index in [4.69, 9.17) is 0 Å². The molecule has 8 atom stereocenters. The summed E-state index contributed by atoms with van der Waals surface area (Å²) >= 11 is 2.28. The second kappa shape index (κ2) is 7.47. The predicted octanol–water partition coefficient (Wildman–Crippen LogP) is 5.69. The minimum atomic E-state index is 0.716. The van der Waals surface area contributed by atoms with Crippen LogP contribution in [0.1, 0.15) is 79.1 Å². The molecule has 0 aromatic heterocycles. The van der Waals surface area contributed by atoms with Gasteiger partial charge in [-0.3, -0.25) is 0 Å². The second-order valence-corrected chi connectivity index (χ2v) is 10.4. The molecule has 1 saturated heterocycles.